The Morgan fingerprint density at radius 1 is 0.818 bits per heavy atom. The van der Waals surface area contributed by atoms with Crippen molar-refractivity contribution in [3.05, 3.63) is 83.4 Å². The van der Waals surface area contributed by atoms with Gasteiger partial charge in [-0.2, -0.15) is 0 Å². The van der Waals surface area contributed by atoms with Gasteiger partial charge in [-0.3, -0.25) is 4.79 Å². The van der Waals surface area contributed by atoms with E-state index >= 15 is 0 Å². The SMILES string of the molecule is O=C(O)c1ccc(-c2ccc(NC(=O)[C@@H]3CCCN3C(=O)Nc3ccc(Cl)cc3)cc2)cc1. The quantitative estimate of drug-likeness (QED) is 0.475. The zero-order valence-corrected chi connectivity index (χ0v) is 18.4. The molecule has 1 atom stereocenters. The van der Waals surface area contributed by atoms with Crippen LogP contribution in [0.3, 0.4) is 0 Å². The minimum absolute atomic E-state index is 0.226. The van der Waals surface area contributed by atoms with Gasteiger partial charge in [-0.15, -0.1) is 0 Å². The predicted octanol–water partition coefficient (Wildman–Crippen LogP) is 5.34. The van der Waals surface area contributed by atoms with Crippen molar-refractivity contribution >= 4 is 40.9 Å². The fourth-order valence-electron chi connectivity index (χ4n) is 3.79. The average molecular weight is 464 g/mol. The number of benzene rings is 3. The monoisotopic (exact) mass is 463 g/mol. The van der Waals surface area contributed by atoms with Crippen molar-refractivity contribution in [3.8, 4) is 11.1 Å². The number of rotatable bonds is 5. The highest BCUT2D eigenvalue weighted by atomic mass is 35.5. The van der Waals surface area contributed by atoms with Gasteiger partial charge in [-0.1, -0.05) is 35.9 Å². The third kappa shape index (κ3) is 5.32. The number of amides is 3. The maximum atomic E-state index is 12.9. The lowest BCUT2D eigenvalue weighted by atomic mass is 10.0. The second-order valence-corrected chi connectivity index (χ2v) is 8.17. The molecule has 1 fully saturated rings. The Morgan fingerprint density at radius 2 is 1.36 bits per heavy atom. The van der Waals surface area contributed by atoms with Gasteiger partial charge in [0.25, 0.3) is 0 Å². The van der Waals surface area contributed by atoms with Gasteiger partial charge < -0.3 is 20.6 Å². The molecule has 0 bridgehead atoms. The summed E-state index contributed by atoms with van der Waals surface area (Å²) in [6.45, 7) is 0.503. The van der Waals surface area contributed by atoms with E-state index in [-0.39, 0.29) is 17.5 Å². The maximum absolute atomic E-state index is 12.9. The number of urea groups is 1. The van der Waals surface area contributed by atoms with E-state index in [0.717, 1.165) is 17.5 Å². The molecule has 3 aromatic rings. The summed E-state index contributed by atoms with van der Waals surface area (Å²) < 4.78 is 0. The van der Waals surface area contributed by atoms with Gasteiger partial charge in [0.15, 0.2) is 0 Å². The van der Waals surface area contributed by atoms with Crippen molar-refractivity contribution in [1.82, 2.24) is 4.90 Å². The topological polar surface area (TPSA) is 98.7 Å². The Balaban J connectivity index is 1.39. The number of carbonyl (C=O) groups is 3. The van der Waals surface area contributed by atoms with Crippen LogP contribution in [0.4, 0.5) is 16.2 Å². The van der Waals surface area contributed by atoms with Crippen LogP contribution in [0.1, 0.15) is 23.2 Å². The van der Waals surface area contributed by atoms with Crippen molar-refractivity contribution in [2.75, 3.05) is 17.2 Å². The van der Waals surface area contributed by atoms with Crippen LogP contribution in [0.5, 0.6) is 0 Å². The molecular weight excluding hydrogens is 442 g/mol. The highest BCUT2D eigenvalue weighted by Crippen LogP contribution is 2.24. The lowest BCUT2D eigenvalue weighted by molar-refractivity contribution is -0.119. The minimum atomic E-state index is -0.970. The smallest absolute Gasteiger partial charge is 0.335 e. The van der Waals surface area contributed by atoms with Crippen LogP contribution in [0.2, 0.25) is 5.02 Å². The summed E-state index contributed by atoms with van der Waals surface area (Å²) in [5.74, 6) is -1.21. The molecule has 0 unspecified atom stereocenters. The second-order valence-electron chi connectivity index (χ2n) is 7.74. The number of carboxylic acids is 1. The van der Waals surface area contributed by atoms with E-state index < -0.39 is 12.0 Å². The zero-order chi connectivity index (χ0) is 23.4. The number of hydrogen-bond acceptors (Lipinski definition) is 3. The first-order valence-electron chi connectivity index (χ1n) is 10.5. The lowest BCUT2D eigenvalue weighted by Gasteiger charge is -2.24. The molecule has 8 heteroatoms. The molecule has 0 saturated carbocycles. The van der Waals surface area contributed by atoms with Gasteiger partial charge in [-0.25, -0.2) is 9.59 Å². The van der Waals surface area contributed by atoms with Crippen molar-refractivity contribution < 1.29 is 19.5 Å². The highest BCUT2D eigenvalue weighted by Gasteiger charge is 2.34. The fourth-order valence-corrected chi connectivity index (χ4v) is 3.91. The summed E-state index contributed by atoms with van der Waals surface area (Å²) in [5.41, 5.74) is 3.23. The van der Waals surface area contributed by atoms with E-state index in [4.69, 9.17) is 16.7 Å². The van der Waals surface area contributed by atoms with Crippen LogP contribution in [0.25, 0.3) is 11.1 Å². The number of nitrogens with one attached hydrogen (secondary N) is 2. The summed E-state index contributed by atoms with van der Waals surface area (Å²) >= 11 is 5.88. The first-order valence-corrected chi connectivity index (χ1v) is 10.9. The van der Waals surface area contributed by atoms with Crippen molar-refractivity contribution in [1.29, 1.82) is 0 Å². The normalized spacial score (nSPS) is 15.2. The number of carboxylic acid groups (broad SMARTS) is 1. The predicted molar refractivity (Wildman–Crippen MR) is 128 cm³/mol. The molecule has 3 N–H and O–H groups in total. The minimum Gasteiger partial charge on any atom is -0.478 e. The molecule has 1 aliphatic rings. The summed E-state index contributed by atoms with van der Waals surface area (Å²) in [4.78, 5) is 38.1. The molecule has 168 valence electrons. The molecule has 0 spiro atoms. The van der Waals surface area contributed by atoms with Crippen molar-refractivity contribution in [2.45, 2.75) is 18.9 Å². The van der Waals surface area contributed by atoms with Crippen LogP contribution in [0.15, 0.2) is 72.8 Å². The third-order valence-corrected chi connectivity index (χ3v) is 5.78. The van der Waals surface area contributed by atoms with Gasteiger partial charge in [-0.05, 0) is 72.5 Å². The van der Waals surface area contributed by atoms with Gasteiger partial charge in [0.2, 0.25) is 5.91 Å². The fraction of sp³-hybridized carbons (Fsp3) is 0.160. The molecule has 0 aromatic heterocycles. The number of hydrogen-bond donors (Lipinski definition) is 3. The number of carbonyl (C=O) groups excluding carboxylic acids is 2. The van der Waals surface area contributed by atoms with E-state index in [0.29, 0.717) is 29.4 Å². The van der Waals surface area contributed by atoms with Gasteiger partial charge in [0.1, 0.15) is 6.04 Å². The van der Waals surface area contributed by atoms with Gasteiger partial charge in [0, 0.05) is 22.9 Å². The molecule has 33 heavy (non-hydrogen) atoms. The number of halogens is 1. The zero-order valence-electron chi connectivity index (χ0n) is 17.6. The molecule has 1 aliphatic heterocycles. The van der Waals surface area contributed by atoms with E-state index in [1.807, 2.05) is 12.1 Å². The molecular formula is C25H22ClN3O4. The standard InChI is InChI=1S/C25H22ClN3O4/c26-19-9-13-21(14-10-19)28-25(33)29-15-1-2-22(29)23(30)27-20-11-7-17(8-12-20)16-3-5-18(6-4-16)24(31)32/h3-14,22H,1-2,15H2,(H,27,30)(H,28,33)(H,31,32)/t22-/m0/s1. The van der Waals surface area contributed by atoms with Crippen LogP contribution >= 0.6 is 11.6 Å². The Bertz CT molecular complexity index is 1160. The largest absolute Gasteiger partial charge is 0.478 e. The lowest BCUT2D eigenvalue weighted by Crippen LogP contribution is -2.45. The Labute approximate surface area is 196 Å². The first-order chi connectivity index (χ1) is 15.9. The van der Waals surface area contributed by atoms with Crippen molar-refractivity contribution in [2.24, 2.45) is 0 Å². The number of likely N-dealkylation sites (tertiary alicyclic amines) is 1. The second kappa shape index (κ2) is 9.75. The summed E-state index contributed by atoms with van der Waals surface area (Å²) in [6.07, 6.45) is 1.34. The summed E-state index contributed by atoms with van der Waals surface area (Å²) in [5, 5.41) is 15.3. The molecule has 3 amide bonds. The first kappa shape index (κ1) is 22.4. The van der Waals surface area contributed by atoms with E-state index in [1.165, 1.54) is 0 Å². The van der Waals surface area contributed by atoms with Gasteiger partial charge in [0.05, 0.1) is 5.56 Å². The highest BCUT2D eigenvalue weighted by molar-refractivity contribution is 6.30. The molecule has 1 saturated heterocycles. The Kier molecular flexibility index (Phi) is 6.60. The third-order valence-electron chi connectivity index (χ3n) is 5.53. The summed E-state index contributed by atoms with van der Waals surface area (Å²) in [6, 6.07) is 19.8. The average Bonchev–Trinajstić information content (AvgIpc) is 3.32. The van der Waals surface area contributed by atoms with Crippen LogP contribution in [-0.2, 0) is 4.79 Å². The van der Waals surface area contributed by atoms with Gasteiger partial charge >= 0.3 is 12.0 Å². The molecule has 1 heterocycles. The number of nitrogens with zero attached hydrogens (tertiary/aromatic N) is 1. The van der Waals surface area contributed by atoms with Crippen LogP contribution in [-0.4, -0.2) is 40.5 Å². The Hall–Kier alpha value is -3.84. The molecule has 4 rings (SSSR count). The molecule has 0 radical (unpaired) electrons. The number of aromatic carboxylic acids is 1. The van der Waals surface area contributed by atoms with E-state index in [1.54, 1.807) is 65.6 Å². The van der Waals surface area contributed by atoms with Crippen LogP contribution in [0, 0.1) is 0 Å². The van der Waals surface area contributed by atoms with E-state index in [2.05, 4.69) is 10.6 Å². The Morgan fingerprint density at radius 3 is 1.97 bits per heavy atom. The van der Waals surface area contributed by atoms with E-state index in [9.17, 15) is 14.4 Å². The van der Waals surface area contributed by atoms with Crippen LogP contribution < -0.4 is 10.6 Å². The maximum Gasteiger partial charge on any atom is 0.335 e. The number of anilines is 2. The molecule has 0 aliphatic carbocycles. The molecule has 3 aromatic carbocycles. The van der Waals surface area contributed by atoms with Crippen molar-refractivity contribution in [3.63, 3.8) is 0 Å². The summed E-state index contributed by atoms with van der Waals surface area (Å²) in [7, 11) is 0. The molecule has 7 nitrogen and oxygen atoms in total.